The molecule has 1 aliphatic heterocycles. The van der Waals surface area contributed by atoms with Crippen molar-refractivity contribution in [3.8, 4) is 0 Å². The monoisotopic (exact) mass is 247 g/mol. The van der Waals surface area contributed by atoms with Gasteiger partial charge in [0, 0.05) is 23.5 Å². The van der Waals surface area contributed by atoms with E-state index in [0.29, 0.717) is 0 Å². The minimum atomic E-state index is 0.741. The number of fused-ring (bicyclic) bond motifs is 1. The largest absolute Gasteiger partial charge is 0.356 e. The fraction of sp³-hybridized carbons (Fsp3) is 0.385. The molecule has 0 unspecified atom stereocenters. The van der Waals surface area contributed by atoms with Crippen molar-refractivity contribution in [2.45, 2.75) is 19.3 Å². The standard InChI is InChI=1S/C13H14ClN3/c14-10-4-5-12-11(8-10)13(16-9-15-12)17-6-2-1-3-7-17/h4-5,8-9H,1-3,6-7H2. The molecule has 1 aromatic heterocycles. The predicted molar refractivity (Wildman–Crippen MR) is 70.6 cm³/mol. The second kappa shape index (κ2) is 4.49. The van der Waals surface area contributed by atoms with E-state index in [1.165, 1.54) is 19.3 Å². The Labute approximate surface area is 105 Å². The van der Waals surface area contributed by atoms with Crippen LogP contribution in [0.4, 0.5) is 5.82 Å². The molecule has 0 bridgehead atoms. The first kappa shape index (κ1) is 10.8. The van der Waals surface area contributed by atoms with E-state index in [0.717, 1.165) is 34.8 Å². The molecule has 17 heavy (non-hydrogen) atoms. The molecule has 88 valence electrons. The van der Waals surface area contributed by atoms with Crippen LogP contribution in [-0.4, -0.2) is 23.1 Å². The van der Waals surface area contributed by atoms with E-state index in [-0.39, 0.29) is 0 Å². The highest BCUT2D eigenvalue weighted by Gasteiger charge is 2.15. The number of rotatable bonds is 1. The average Bonchev–Trinajstić information content (AvgIpc) is 2.39. The summed E-state index contributed by atoms with van der Waals surface area (Å²) in [6.45, 7) is 2.16. The zero-order chi connectivity index (χ0) is 11.7. The molecule has 2 heterocycles. The smallest absolute Gasteiger partial charge is 0.139 e. The Morgan fingerprint density at radius 1 is 1.06 bits per heavy atom. The molecular weight excluding hydrogens is 234 g/mol. The Hall–Kier alpha value is -1.35. The lowest BCUT2D eigenvalue weighted by Gasteiger charge is -2.28. The van der Waals surface area contributed by atoms with E-state index >= 15 is 0 Å². The first-order valence-corrected chi connectivity index (χ1v) is 6.37. The Morgan fingerprint density at radius 3 is 2.71 bits per heavy atom. The normalized spacial score (nSPS) is 16.4. The number of halogens is 1. The highest BCUT2D eigenvalue weighted by molar-refractivity contribution is 6.31. The van der Waals surface area contributed by atoms with Gasteiger partial charge in [0.1, 0.15) is 12.1 Å². The number of aromatic nitrogens is 2. The first-order chi connectivity index (χ1) is 8.34. The van der Waals surface area contributed by atoms with Crippen molar-refractivity contribution in [1.82, 2.24) is 9.97 Å². The summed E-state index contributed by atoms with van der Waals surface area (Å²) in [7, 11) is 0. The molecule has 3 nitrogen and oxygen atoms in total. The third kappa shape index (κ3) is 2.07. The van der Waals surface area contributed by atoms with Crippen LogP contribution in [0.5, 0.6) is 0 Å². The van der Waals surface area contributed by atoms with Gasteiger partial charge >= 0.3 is 0 Å². The van der Waals surface area contributed by atoms with Crippen molar-refractivity contribution >= 4 is 28.3 Å². The van der Waals surface area contributed by atoms with Gasteiger partial charge < -0.3 is 4.90 Å². The summed E-state index contributed by atoms with van der Waals surface area (Å²) in [5.74, 6) is 1.03. The zero-order valence-electron chi connectivity index (χ0n) is 9.56. The fourth-order valence-electron chi connectivity index (χ4n) is 2.37. The molecule has 0 amide bonds. The van der Waals surface area contributed by atoms with Crippen LogP contribution in [-0.2, 0) is 0 Å². The molecule has 3 rings (SSSR count). The van der Waals surface area contributed by atoms with Gasteiger partial charge in [0.05, 0.1) is 5.52 Å². The van der Waals surface area contributed by atoms with Gasteiger partial charge in [0.15, 0.2) is 0 Å². The second-order valence-electron chi connectivity index (χ2n) is 4.41. The molecule has 2 aromatic rings. The van der Waals surface area contributed by atoms with Crippen LogP contribution in [0, 0.1) is 0 Å². The number of benzene rings is 1. The average molecular weight is 248 g/mol. The molecule has 0 atom stereocenters. The van der Waals surface area contributed by atoms with Gasteiger partial charge in [-0.25, -0.2) is 9.97 Å². The Balaban J connectivity index is 2.11. The highest BCUT2D eigenvalue weighted by atomic mass is 35.5. The summed E-state index contributed by atoms with van der Waals surface area (Å²) < 4.78 is 0. The van der Waals surface area contributed by atoms with Crippen molar-refractivity contribution in [3.63, 3.8) is 0 Å². The molecule has 0 saturated carbocycles. The van der Waals surface area contributed by atoms with Gasteiger partial charge in [-0.3, -0.25) is 0 Å². The number of nitrogens with zero attached hydrogens (tertiary/aromatic N) is 3. The molecule has 0 N–H and O–H groups in total. The van der Waals surface area contributed by atoms with Crippen LogP contribution >= 0.6 is 11.6 Å². The zero-order valence-corrected chi connectivity index (χ0v) is 10.3. The van der Waals surface area contributed by atoms with Gasteiger partial charge in [-0.15, -0.1) is 0 Å². The van der Waals surface area contributed by atoms with E-state index in [1.807, 2.05) is 18.2 Å². The summed E-state index contributed by atoms with van der Waals surface area (Å²) in [5.41, 5.74) is 0.963. The Bertz CT molecular complexity index is 535. The molecule has 1 aromatic carbocycles. The van der Waals surface area contributed by atoms with Crippen LogP contribution in [0.25, 0.3) is 10.9 Å². The molecule has 1 saturated heterocycles. The lowest BCUT2D eigenvalue weighted by atomic mass is 10.1. The molecule has 1 aliphatic rings. The molecule has 0 spiro atoms. The minimum Gasteiger partial charge on any atom is -0.356 e. The maximum atomic E-state index is 6.06. The quantitative estimate of drug-likeness (QED) is 0.775. The maximum Gasteiger partial charge on any atom is 0.139 e. The van der Waals surface area contributed by atoms with Crippen molar-refractivity contribution in [3.05, 3.63) is 29.5 Å². The van der Waals surface area contributed by atoms with Gasteiger partial charge in [0.25, 0.3) is 0 Å². The lowest BCUT2D eigenvalue weighted by molar-refractivity contribution is 0.574. The number of hydrogen-bond donors (Lipinski definition) is 0. The second-order valence-corrected chi connectivity index (χ2v) is 4.84. The van der Waals surface area contributed by atoms with Crippen molar-refractivity contribution in [2.75, 3.05) is 18.0 Å². The predicted octanol–water partition coefficient (Wildman–Crippen LogP) is 3.27. The maximum absolute atomic E-state index is 6.06. The first-order valence-electron chi connectivity index (χ1n) is 6.00. The van der Waals surface area contributed by atoms with E-state index in [9.17, 15) is 0 Å². The Kier molecular flexibility index (Phi) is 2.85. The van der Waals surface area contributed by atoms with E-state index in [1.54, 1.807) is 6.33 Å². The van der Waals surface area contributed by atoms with Crippen molar-refractivity contribution < 1.29 is 0 Å². The van der Waals surface area contributed by atoms with Crippen LogP contribution in [0.1, 0.15) is 19.3 Å². The SMILES string of the molecule is Clc1ccc2ncnc(N3CCCCC3)c2c1. The van der Waals surface area contributed by atoms with E-state index in [2.05, 4.69) is 14.9 Å². The van der Waals surface area contributed by atoms with E-state index in [4.69, 9.17) is 11.6 Å². The third-order valence-electron chi connectivity index (χ3n) is 3.23. The van der Waals surface area contributed by atoms with Crippen LogP contribution in [0.3, 0.4) is 0 Å². The van der Waals surface area contributed by atoms with Crippen LogP contribution < -0.4 is 4.90 Å². The summed E-state index contributed by atoms with van der Waals surface area (Å²) in [6, 6.07) is 5.78. The number of hydrogen-bond acceptors (Lipinski definition) is 3. The van der Waals surface area contributed by atoms with Crippen molar-refractivity contribution in [1.29, 1.82) is 0 Å². The Morgan fingerprint density at radius 2 is 1.88 bits per heavy atom. The number of piperidine rings is 1. The van der Waals surface area contributed by atoms with Gasteiger partial charge in [0.2, 0.25) is 0 Å². The van der Waals surface area contributed by atoms with Gasteiger partial charge in [-0.05, 0) is 37.5 Å². The van der Waals surface area contributed by atoms with Gasteiger partial charge in [-0.2, -0.15) is 0 Å². The fourth-order valence-corrected chi connectivity index (χ4v) is 2.55. The molecule has 0 radical (unpaired) electrons. The summed E-state index contributed by atoms with van der Waals surface area (Å²) in [6.07, 6.45) is 5.44. The molecule has 0 aliphatic carbocycles. The van der Waals surface area contributed by atoms with E-state index < -0.39 is 0 Å². The summed E-state index contributed by atoms with van der Waals surface area (Å²) in [4.78, 5) is 11.0. The molecule has 4 heteroatoms. The van der Waals surface area contributed by atoms with Crippen LogP contribution in [0.2, 0.25) is 5.02 Å². The summed E-state index contributed by atoms with van der Waals surface area (Å²) in [5, 5.41) is 1.80. The minimum absolute atomic E-state index is 0.741. The summed E-state index contributed by atoms with van der Waals surface area (Å²) >= 11 is 6.06. The molecular formula is C13H14ClN3. The highest BCUT2D eigenvalue weighted by Crippen LogP contribution is 2.27. The van der Waals surface area contributed by atoms with Crippen LogP contribution in [0.15, 0.2) is 24.5 Å². The molecule has 1 fully saturated rings. The number of anilines is 1. The third-order valence-corrected chi connectivity index (χ3v) is 3.47. The lowest BCUT2D eigenvalue weighted by Crippen LogP contribution is -2.30. The topological polar surface area (TPSA) is 29.0 Å². The van der Waals surface area contributed by atoms with Gasteiger partial charge in [-0.1, -0.05) is 11.6 Å². The van der Waals surface area contributed by atoms with Crippen molar-refractivity contribution in [2.24, 2.45) is 0 Å².